The van der Waals surface area contributed by atoms with Crippen molar-refractivity contribution in [2.45, 2.75) is 26.4 Å². The molecule has 0 aromatic carbocycles. The van der Waals surface area contributed by atoms with E-state index in [-0.39, 0.29) is 5.91 Å². The third-order valence-electron chi connectivity index (χ3n) is 3.49. The Hall–Kier alpha value is -1.88. The molecule has 2 aromatic heterocycles. The van der Waals surface area contributed by atoms with Crippen molar-refractivity contribution in [2.24, 2.45) is 0 Å². The fraction of sp³-hybridized carbons (Fsp3) is 0.357. The smallest absolute Gasteiger partial charge is 0.254 e. The molecule has 104 valence electrons. The third-order valence-corrected chi connectivity index (χ3v) is 3.68. The summed E-state index contributed by atoms with van der Waals surface area (Å²) in [6.45, 7) is 3.99. The van der Waals surface area contributed by atoms with E-state index in [1.54, 1.807) is 17.2 Å². The summed E-state index contributed by atoms with van der Waals surface area (Å²) in [6, 6.07) is 3.44. The first-order chi connectivity index (χ1) is 9.67. The van der Waals surface area contributed by atoms with Crippen LogP contribution in [0.5, 0.6) is 0 Å². The van der Waals surface area contributed by atoms with Gasteiger partial charge in [-0.05, 0) is 18.6 Å². The number of rotatable bonds is 2. The topological polar surface area (TPSA) is 51.0 Å². The van der Waals surface area contributed by atoms with E-state index in [9.17, 15) is 4.79 Å². The lowest BCUT2D eigenvalue weighted by Gasteiger charge is -2.27. The lowest BCUT2D eigenvalue weighted by atomic mass is 10.1. The predicted molar refractivity (Wildman–Crippen MR) is 75.6 cm³/mol. The van der Waals surface area contributed by atoms with Gasteiger partial charge in [-0.3, -0.25) is 4.79 Å². The molecule has 0 aliphatic carbocycles. The Labute approximate surface area is 122 Å². The first-order valence-electron chi connectivity index (χ1n) is 6.63. The van der Waals surface area contributed by atoms with Gasteiger partial charge in [0.15, 0.2) is 0 Å². The Bertz CT molecular complexity index is 652. The maximum Gasteiger partial charge on any atom is 0.254 e. The highest BCUT2D eigenvalue weighted by Crippen LogP contribution is 2.17. The van der Waals surface area contributed by atoms with Crippen LogP contribution in [0.15, 0.2) is 24.5 Å². The predicted octanol–water partition coefficient (Wildman–Crippen LogP) is 2.15. The lowest BCUT2D eigenvalue weighted by Crippen LogP contribution is -2.38. The first kappa shape index (κ1) is 13.1. The van der Waals surface area contributed by atoms with Gasteiger partial charge in [0, 0.05) is 36.7 Å². The third kappa shape index (κ3) is 2.41. The molecule has 3 heterocycles. The monoisotopic (exact) mass is 290 g/mol. The molecule has 0 bridgehead atoms. The highest BCUT2D eigenvalue weighted by molar-refractivity contribution is 6.29. The number of halogens is 1. The van der Waals surface area contributed by atoms with E-state index in [0.29, 0.717) is 23.8 Å². The molecule has 5 nitrogen and oxygen atoms in total. The maximum atomic E-state index is 12.6. The number of amides is 1. The summed E-state index contributed by atoms with van der Waals surface area (Å²) in [6.07, 6.45) is 4.46. The Morgan fingerprint density at radius 1 is 1.40 bits per heavy atom. The van der Waals surface area contributed by atoms with Crippen molar-refractivity contribution in [3.8, 4) is 0 Å². The summed E-state index contributed by atoms with van der Waals surface area (Å²) in [4.78, 5) is 22.8. The molecule has 0 saturated heterocycles. The van der Waals surface area contributed by atoms with Crippen molar-refractivity contribution in [2.75, 3.05) is 6.54 Å². The van der Waals surface area contributed by atoms with E-state index in [1.807, 2.05) is 19.2 Å². The highest BCUT2D eigenvalue weighted by atomic mass is 35.5. The van der Waals surface area contributed by atoms with Crippen LogP contribution in [0.4, 0.5) is 0 Å². The number of nitrogens with zero attached hydrogens (tertiary/aromatic N) is 4. The van der Waals surface area contributed by atoms with Crippen LogP contribution in [0.3, 0.4) is 0 Å². The van der Waals surface area contributed by atoms with Gasteiger partial charge in [0.2, 0.25) is 0 Å². The van der Waals surface area contributed by atoms with Crippen LogP contribution < -0.4 is 0 Å². The molecule has 0 fully saturated rings. The van der Waals surface area contributed by atoms with E-state index in [1.165, 1.54) is 0 Å². The van der Waals surface area contributed by atoms with Crippen molar-refractivity contribution < 1.29 is 4.79 Å². The van der Waals surface area contributed by atoms with Crippen molar-refractivity contribution in [1.82, 2.24) is 19.4 Å². The Kier molecular flexibility index (Phi) is 3.44. The van der Waals surface area contributed by atoms with Crippen LogP contribution in [0.25, 0.3) is 0 Å². The Balaban J connectivity index is 1.85. The Morgan fingerprint density at radius 2 is 2.25 bits per heavy atom. The van der Waals surface area contributed by atoms with Crippen LogP contribution in [0, 0.1) is 0 Å². The van der Waals surface area contributed by atoms with Gasteiger partial charge < -0.3 is 9.47 Å². The average molecular weight is 291 g/mol. The minimum Gasteiger partial charge on any atom is -0.332 e. The van der Waals surface area contributed by atoms with Crippen LogP contribution >= 0.6 is 11.6 Å². The molecule has 0 spiro atoms. The molecule has 0 N–H and O–H groups in total. The molecule has 2 aromatic rings. The SMILES string of the molecule is CCc1cc(C(=O)N2CCn3ccnc3C2)cc(Cl)n1. The molecule has 0 unspecified atom stereocenters. The fourth-order valence-corrected chi connectivity index (χ4v) is 2.61. The number of carbonyl (C=O) groups excluding carboxylic acids is 1. The van der Waals surface area contributed by atoms with E-state index in [0.717, 1.165) is 24.5 Å². The average Bonchev–Trinajstić information content (AvgIpc) is 2.93. The first-order valence-corrected chi connectivity index (χ1v) is 7.01. The van der Waals surface area contributed by atoms with Gasteiger partial charge >= 0.3 is 0 Å². The minimum absolute atomic E-state index is 0.0155. The van der Waals surface area contributed by atoms with Crippen molar-refractivity contribution in [1.29, 1.82) is 0 Å². The number of aromatic nitrogens is 3. The molecule has 0 saturated carbocycles. The highest BCUT2D eigenvalue weighted by Gasteiger charge is 2.22. The van der Waals surface area contributed by atoms with Gasteiger partial charge in [-0.1, -0.05) is 18.5 Å². The van der Waals surface area contributed by atoms with E-state index < -0.39 is 0 Å². The zero-order valence-corrected chi connectivity index (χ0v) is 12.0. The molecule has 6 heteroatoms. The summed E-state index contributed by atoms with van der Waals surface area (Å²) >= 11 is 5.98. The van der Waals surface area contributed by atoms with Gasteiger partial charge in [0.1, 0.15) is 11.0 Å². The van der Waals surface area contributed by atoms with E-state index in [2.05, 4.69) is 14.5 Å². The number of hydrogen-bond acceptors (Lipinski definition) is 3. The lowest BCUT2D eigenvalue weighted by molar-refractivity contribution is 0.0707. The number of imidazole rings is 1. The fourth-order valence-electron chi connectivity index (χ4n) is 2.39. The normalized spacial score (nSPS) is 14.2. The van der Waals surface area contributed by atoms with Gasteiger partial charge in [-0.25, -0.2) is 9.97 Å². The van der Waals surface area contributed by atoms with Gasteiger partial charge in [0.25, 0.3) is 5.91 Å². The summed E-state index contributed by atoms with van der Waals surface area (Å²) in [5.41, 5.74) is 1.43. The van der Waals surface area contributed by atoms with Crippen molar-refractivity contribution >= 4 is 17.5 Å². The van der Waals surface area contributed by atoms with E-state index in [4.69, 9.17) is 11.6 Å². The van der Waals surface area contributed by atoms with Crippen LogP contribution in [0.2, 0.25) is 5.15 Å². The molecule has 1 aliphatic heterocycles. The number of carbonyl (C=O) groups is 1. The number of fused-ring (bicyclic) bond motifs is 1. The van der Waals surface area contributed by atoms with Gasteiger partial charge in [0.05, 0.1) is 6.54 Å². The van der Waals surface area contributed by atoms with Crippen LogP contribution in [0.1, 0.15) is 28.8 Å². The molecule has 3 rings (SSSR count). The summed E-state index contributed by atoms with van der Waals surface area (Å²) in [5, 5.41) is 0.367. The molecule has 20 heavy (non-hydrogen) atoms. The summed E-state index contributed by atoms with van der Waals surface area (Å²) in [7, 11) is 0. The summed E-state index contributed by atoms with van der Waals surface area (Å²) < 4.78 is 2.07. The second-order valence-electron chi connectivity index (χ2n) is 4.79. The second-order valence-corrected chi connectivity index (χ2v) is 5.17. The zero-order chi connectivity index (χ0) is 14.1. The largest absolute Gasteiger partial charge is 0.332 e. The molecule has 0 radical (unpaired) electrons. The molecular weight excluding hydrogens is 276 g/mol. The maximum absolute atomic E-state index is 12.6. The van der Waals surface area contributed by atoms with E-state index >= 15 is 0 Å². The molecule has 0 atom stereocenters. The van der Waals surface area contributed by atoms with Gasteiger partial charge in [-0.15, -0.1) is 0 Å². The Morgan fingerprint density at radius 3 is 3.05 bits per heavy atom. The van der Waals surface area contributed by atoms with Crippen LogP contribution in [-0.2, 0) is 19.5 Å². The quantitative estimate of drug-likeness (QED) is 0.796. The number of pyridine rings is 1. The van der Waals surface area contributed by atoms with Crippen molar-refractivity contribution in [3.63, 3.8) is 0 Å². The summed E-state index contributed by atoms with van der Waals surface area (Å²) in [5.74, 6) is 0.902. The molecular formula is C14H15ClN4O. The number of aryl methyl sites for hydroxylation is 1. The van der Waals surface area contributed by atoms with Crippen molar-refractivity contribution in [3.05, 3.63) is 46.8 Å². The standard InChI is InChI=1S/C14H15ClN4O/c1-2-11-7-10(8-12(15)17-11)14(20)19-6-5-18-4-3-16-13(18)9-19/h3-4,7-8H,2,5-6,9H2,1H3. The minimum atomic E-state index is -0.0155. The van der Waals surface area contributed by atoms with Crippen LogP contribution in [-0.4, -0.2) is 31.9 Å². The van der Waals surface area contributed by atoms with Gasteiger partial charge in [-0.2, -0.15) is 0 Å². The second kappa shape index (κ2) is 5.25. The zero-order valence-electron chi connectivity index (χ0n) is 11.2. The molecule has 1 aliphatic rings. The number of hydrogen-bond donors (Lipinski definition) is 0. The molecule has 1 amide bonds.